The lowest BCUT2D eigenvalue weighted by molar-refractivity contribution is -0.123. The minimum Gasteiger partial charge on any atom is -0.483 e. The van der Waals surface area contributed by atoms with Gasteiger partial charge >= 0.3 is 0 Å². The number of nitrogens with one attached hydrogen (secondary N) is 1. The van der Waals surface area contributed by atoms with E-state index in [9.17, 15) is 4.79 Å². The van der Waals surface area contributed by atoms with E-state index in [1.165, 1.54) is 6.42 Å². The average molecular weight is 339 g/mol. The van der Waals surface area contributed by atoms with Gasteiger partial charge in [0, 0.05) is 11.1 Å². The third-order valence-electron chi connectivity index (χ3n) is 6.49. The van der Waals surface area contributed by atoms with Crippen molar-refractivity contribution in [1.82, 2.24) is 5.43 Å². The molecular formula is C20H25N3O2. The fraction of sp³-hybridized carbons (Fsp3) is 0.550. The van der Waals surface area contributed by atoms with Crippen LogP contribution in [0.4, 0.5) is 0 Å². The summed E-state index contributed by atoms with van der Waals surface area (Å²) in [5.41, 5.74) is 5.50. The van der Waals surface area contributed by atoms with Crippen molar-refractivity contribution >= 4 is 11.6 Å². The Kier molecular flexibility index (Phi) is 4.32. The first-order chi connectivity index (χ1) is 11.8. The van der Waals surface area contributed by atoms with Crippen LogP contribution in [0, 0.1) is 35.0 Å². The third kappa shape index (κ3) is 2.90. The first-order valence-electron chi connectivity index (χ1n) is 8.77. The number of amides is 1. The normalized spacial score (nSPS) is 28.0. The van der Waals surface area contributed by atoms with Crippen molar-refractivity contribution in [3.63, 3.8) is 0 Å². The summed E-state index contributed by atoms with van der Waals surface area (Å²) in [7, 11) is 0. The van der Waals surface area contributed by atoms with Crippen molar-refractivity contribution in [2.24, 2.45) is 21.8 Å². The highest BCUT2D eigenvalue weighted by Gasteiger charge is 2.59. The SMILES string of the molecule is Cc1cc(C#N)ccc1OCC(=O)N/N=C1\CC2CCC1(C)C2(C)C. The predicted molar refractivity (Wildman–Crippen MR) is 96.2 cm³/mol. The molecule has 2 bridgehead atoms. The summed E-state index contributed by atoms with van der Waals surface area (Å²) in [6.07, 6.45) is 3.36. The molecule has 2 aliphatic carbocycles. The summed E-state index contributed by atoms with van der Waals surface area (Å²) in [4.78, 5) is 12.1. The number of ether oxygens (including phenoxy) is 1. The molecular weight excluding hydrogens is 314 g/mol. The second kappa shape index (κ2) is 6.18. The standard InChI is InChI=1S/C20H25N3O2/c1-13-9-14(11-21)5-6-16(13)25-12-18(24)23-22-17-10-15-7-8-20(17,4)19(15,2)3/h5-6,9,15H,7-8,10,12H2,1-4H3,(H,23,24)/b22-17+. The quantitative estimate of drug-likeness (QED) is 0.852. The number of rotatable bonds is 4. The number of nitrogens with zero attached hydrogens (tertiary/aromatic N) is 2. The fourth-order valence-corrected chi connectivity index (χ4v) is 4.28. The summed E-state index contributed by atoms with van der Waals surface area (Å²) in [5, 5.41) is 13.3. The first-order valence-corrected chi connectivity index (χ1v) is 8.77. The molecule has 0 aromatic heterocycles. The van der Waals surface area contributed by atoms with E-state index in [0.29, 0.717) is 17.2 Å². The summed E-state index contributed by atoms with van der Waals surface area (Å²) in [5.74, 6) is 1.00. The smallest absolute Gasteiger partial charge is 0.277 e. The Balaban J connectivity index is 1.59. The molecule has 5 heteroatoms. The van der Waals surface area contributed by atoms with Crippen LogP contribution in [0.1, 0.15) is 51.2 Å². The Bertz CT molecular complexity index is 776. The van der Waals surface area contributed by atoms with E-state index < -0.39 is 0 Å². The van der Waals surface area contributed by atoms with Gasteiger partial charge in [-0.25, -0.2) is 5.43 Å². The van der Waals surface area contributed by atoms with Gasteiger partial charge in [-0.2, -0.15) is 10.4 Å². The maximum Gasteiger partial charge on any atom is 0.277 e. The van der Waals surface area contributed by atoms with Crippen molar-refractivity contribution in [2.45, 2.75) is 47.0 Å². The monoisotopic (exact) mass is 339 g/mol. The average Bonchev–Trinajstić information content (AvgIpc) is 2.91. The lowest BCUT2D eigenvalue weighted by atomic mass is 9.70. The van der Waals surface area contributed by atoms with Crippen molar-refractivity contribution in [2.75, 3.05) is 6.61 Å². The highest BCUT2D eigenvalue weighted by atomic mass is 16.5. The molecule has 3 rings (SSSR count). The van der Waals surface area contributed by atoms with Gasteiger partial charge in [0.25, 0.3) is 5.91 Å². The molecule has 2 atom stereocenters. The zero-order chi connectivity index (χ0) is 18.2. The Labute approximate surface area is 149 Å². The van der Waals surface area contributed by atoms with Crippen molar-refractivity contribution in [3.05, 3.63) is 29.3 Å². The van der Waals surface area contributed by atoms with Gasteiger partial charge in [0.2, 0.25) is 0 Å². The predicted octanol–water partition coefficient (Wildman–Crippen LogP) is 3.56. The number of benzene rings is 1. The fourth-order valence-electron chi connectivity index (χ4n) is 4.28. The van der Waals surface area contributed by atoms with E-state index in [0.717, 1.165) is 24.1 Å². The zero-order valence-electron chi connectivity index (χ0n) is 15.3. The number of carbonyl (C=O) groups is 1. The molecule has 2 unspecified atom stereocenters. The number of hydrogen-bond donors (Lipinski definition) is 1. The minimum absolute atomic E-state index is 0.0789. The van der Waals surface area contributed by atoms with E-state index in [1.807, 2.05) is 6.92 Å². The van der Waals surface area contributed by atoms with Gasteiger partial charge in [0.05, 0.1) is 11.6 Å². The molecule has 0 spiro atoms. The molecule has 1 aromatic rings. The first kappa shape index (κ1) is 17.5. The Morgan fingerprint density at radius 2 is 2.20 bits per heavy atom. The van der Waals surface area contributed by atoms with Crippen LogP contribution in [-0.4, -0.2) is 18.2 Å². The molecule has 0 aliphatic heterocycles. The number of carbonyl (C=O) groups excluding carboxylic acids is 1. The van der Waals surface area contributed by atoms with E-state index >= 15 is 0 Å². The lowest BCUT2D eigenvalue weighted by Gasteiger charge is -2.34. The van der Waals surface area contributed by atoms with Crippen LogP contribution in [0.2, 0.25) is 0 Å². The minimum atomic E-state index is -0.263. The van der Waals surface area contributed by atoms with Crippen LogP contribution in [0.5, 0.6) is 5.75 Å². The lowest BCUT2D eigenvalue weighted by Crippen LogP contribution is -2.35. The second-order valence-corrected chi connectivity index (χ2v) is 7.97. The number of aryl methyl sites for hydroxylation is 1. The Morgan fingerprint density at radius 1 is 1.44 bits per heavy atom. The van der Waals surface area contributed by atoms with Crippen LogP contribution < -0.4 is 10.2 Å². The van der Waals surface area contributed by atoms with Crippen molar-refractivity contribution < 1.29 is 9.53 Å². The molecule has 5 nitrogen and oxygen atoms in total. The van der Waals surface area contributed by atoms with Gasteiger partial charge in [-0.3, -0.25) is 4.79 Å². The molecule has 1 N–H and O–H groups in total. The summed E-state index contributed by atoms with van der Waals surface area (Å²) >= 11 is 0. The largest absolute Gasteiger partial charge is 0.483 e. The molecule has 2 aliphatic rings. The van der Waals surface area contributed by atoms with Crippen LogP contribution in [0.25, 0.3) is 0 Å². The number of fused-ring (bicyclic) bond motifs is 2. The molecule has 1 amide bonds. The molecule has 2 saturated carbocycles. The summed E-state index contributed by atoms with van der Waals surface area (Å²) in [6.45, 7) is 8.65. The van der Waals surface area contributed by atoms with Gasteiger partial charge in [0.1, 0.15) is 5.75 Å². The van der Waals surface area contributed by atoms with E-state index in [2.05, 4.69) is 37.4 Å². The Hall–Kier alpha value is -2.35. The maximum atomic E-state index is 12.1. The van der Waals surface area contributed by atoms with E-state index in [4.69, 9.17) is 10.00 Å². The van der Waals surface area contributed by atoms with E-state index in [-0.39, 0.29) is 23.3 Å². The highest BCUT2D eigenvalue weighted by molar-refractivity contribution is 5.95. The molecule has 25 heavy (non-hydrogen) atoms. The number of hydrazone groups is 1. The summed E-state index contributed by atoms with van der Waals surface area (Å²) in [6, 6.07) is 7.22. The molecule has 0 radical (unpaired) electrons. The number of nitriles is 1. The second-order valence-electron chi connectivity index (χ2n) is 7.97. The summed E-state index contributed by atoms with van der Waals surface area (Å²) < 4.78 is 5.55. The van der Waals surface area contributed by atoms with E-state index in [1.54, 1.807) is 18.2 Å². The van der Waals surface area contributed by atoms with Crippen molar-refractivity contribution in [1.29, 1.82) is 5.26 Å². The maximum absolute atomic E-state index is 12.1. The molecule has 0 heterocycles. The van der Waals surface area contributed by atoms with Gasteiger partial charge in [-0.05, 0) is 61.3 Å². The van der Waals surface area contributed by atoms with Crippen LogP contribution >= 0.6 is 0 Å². The zero-order valence-corrected chi connectivity index (χ0v) is 15.3. The molecule has 1 aromatic carbocycles. The van der Waals surface area contributed by atoms with Crippen LogP contribution in [-0.2, 0) is 4.79 Å². The Morgan fingerprint density at radius 3 is 2.76 bits per heavy atom. The van der Waals surface area contributed by atoms with Crippen LogP contribution in [0.15, 0.2) is 23.3 Å². The van der Waals surface area contributed by atoms with Crippen molar-refractivity contribution in [3.8, 4) is 11.8 Å². The topological polar surface area (TPSA) is 74.5 Å². The van der Waals surface area contributed by atoms with Gasteiger partial charge < -0.3 is 4.74 Å². The molecule has 132 valence electrons. The van der Waals surface area contributed by atoms with Gasteiger partial charge in [-0.1, -0.05) is 20.8 Å². The third-order valence-corrected chi connectivity index (χ3v) is 6.49. The number of hydrogen-bond acceptors (Lipinski definition) is 4. The molecule has 0 saturated heterocycles. The molecule has 2 fully saturated rings. The highest BCUT2D eigenvalue weighted by Crippen LogP contribution is 2.63. The van der Waals surface area contributed by atoms with Gasteiger partial charge in [-0.15, -0.1) is 0 Å². The van der Waals surface area contributed by atoms with Gasteiger partial charge in [0.15, 0.2) is 6.61 Å². The van der Waals surface area contributed by atoms with Crippen LogP contribution in [0.3, 0.4) is 0 Å².